The normalized spacial score (nSPS) is 10.3. The van der Waals surface area contributed by atoms with Crippen molar-refractivity contribution in [1.29, 1.82) is 0 Å². The van der Waals surface area contributed by atoms with E-state index in [0.29, 0.717) is 5.15 Å². The lowest BCUT2D eigenvalue weighted by Crippen LogP contribution is -2.08. The van der Waals surface area contributed by atoms with Crippen LogP contribution in [0.4, 0.5) is 0 Å². The highest BCUT2D eigenvalue weighted by molar-refractivity contribution is 6.30. The van der Waals surface area contributed by atoms with Crippen LogP contribution in [-0.4, -0.2) is 16.6 Å². The zero-order valence-corrected chi connectivity index (χ0v) is 6.81. The van der Waals surface area contributed by atoms with E-state index in [1.807, 2.05) is 18.7 Å². The van der Waals surface area contributed by atoms with E-state index in [4.69, 9.17) is 11.6 Å². The third-order valence-electron chi connectivity index (χ3n) is 1.35. The van der Waals surface area contributed by atoms with Crippen molar-refractivity contribution in [3.63, 3.8) is 0 Å². The maximum Gasteiger partial charge on any atom is 0.151 e. The molecule has 0 saturated carbocycles. The van der Waals surface area contributed by atoms with Crippen molar-refractivity contribution >= 4 is 11.6 Å². The van der Waals surface area contributed by atoms with Crippen LogP contribution in [0, 0.1) is 0 Å². The van der Waals surface area contributed by atoms with E-state index in [9.17, 15) is 0 Å². The van der Waals surface area contributed by atoms with Gasteiger partial charge in [0.15, 0.2) is 5.15 Å². The first kappa shape index (κ1) is 7.57. The number of rotatable bonds is 2. The quantitative estimate of drug-likeness (QED) is 0.692. The van der Waals surface area contributed by atoms with E-state index in [1.165, 1.54) is 0 Å². The van der Waals surface area contributed by atoms with Crippen molar-refractivity contribution in [2.24, 2.45) is 7.05 Å². The summed E-state index contributed by atoms with van der Waals surface area (Å²) in [6.07, 6.45) is 1.70. The second-order valence-electron chi connectivity index (χ2n) is 2.12. The van der Waals surface area contributed by atoms with E-state index < -0.39 is 0 Å². The zero-order valence-electron chi connectivity index (χ0n) is 6.06. The summed E-state index contributed by atoms with van der Waals surface area (Å²) in [7, 11) is 3.80. The molecule has 56 valence electrons. The largest absolute Gasteiger partial charge is 0.335 e. The third kappa shape index (κ3) is 1.30. The minimum atomic E-state index is 0.580. The average molecular weight is 160 g/mol. The lowest BCUT2D eigenvalue weighted by Gasteiger charge is -1.99. The molecule has 0 aliphatic carbocycles. The van der Waals surface area contributed by atoms with Gasteiger partial charge >= 0.3 is 0 Å². The Hall–Kier alpha value is -0.540. The van der Waals surface area contributed by atoms with E-state index >= 15 is 0 Å². The molecule has 1 rings (SSSR count). The number of aromatic nitrogens is 2. The molecule has 1 aromatic rings. The standard InChI is InChI=1S/C6H10ClN3/c1-8-3-5-6(7)9-4-10(5)2/h4,8H,3H2,1-2H3. The van der Waals surface area contributed by atoms with E-state index in [-0.39, 0.29) is 0 Å². The first-order valence-electron chi connectivity index (χ1n) is 3.06. The molecule has 0 aromatic carbocycles. The fourth-order valence-corrected chi connectivity index (χ4v) is 1.04. The summed E-state index contributed by atoms with van der Waals surface area (Å²) in [5, 5.41) is 3.59. The van der Waals surface area contributed by atoms with Crippen molar-refractivity contribution in [1.82, 2.24) is 14.9 Å². The van der Waals surface area contributed by atoms with Crippen molar-refractivity contribution in [2.45, 2.75) is 6.54 Å². The lowest BCUT2D eigenvalue weighted by atomic mass is 10.5. The van der Waals surface area contributed by atoms with Crippen LogP contribution in [0.1, 0.15) is 5.69 Å². The predicted molar refractivity (Wildman–Crippen MR) is 41.0 cm³/mol. The highest BCUT2D eigenvalue weighted by atomic mass is 35.5. The van der Waals surface area contributed by atoms with Gasteiger partial charge in [0.2, 0.25) is 0 Å². The third-order valence-corrected chi connectivity index (χ3v) is 1.67. The number of halogens is 1. The molecule has 10 heavy (non-hydrogen) atoms. The Morgan fingerprint density at radius 1 is 1.80 bits per heavy atom. The minimum Gasteiger partial charge on any atom is -0.335 e. The van der Waals surface area contributed by atoms with Gasteiger partial charge in [0, 0.05) is 13.6 Å². The van der Waals surface area contributed by atoms with Gasteiger partial charge in [-0.1, -0.05) is 11.6 Å². The van der Waals surface area contributed by atoms with Crippen LogP contribution < -0.4 is 5.32 Å². The second-order valence-corrected chi connectivity index (χ2v) is 2.48. The smallest absolute Gasteiger partial charge is 0.151 e. The fourth-order valence-electron chi connectivity index (χ4n) is 0.792. The first-order valence-corrected chi connectivity index (χ1v) is 3.43. The molecule has 4 heteroatoms. The molecule has 0 bridgehead atoms. The molecule has 0 atom stereocenters. The average Bonchev–Trinajstić information content (AvgIpc) is 2.20. The van der Waals surface area contributed by atoms with Gasteiger partial charge in [-0.3, -0.25) is 0 Å². The number of nitrogens with zero attached hydrogens (tertiary/aromatic N) is 2. The maximum absolute atomic E-state index is 5.75. The molecule has 0 fully saturated rings. The lowest BCUT2D eigenvalue weighted by molar-refractivity contribution is 0.734. The molecule has 1 N–H and O–H groups in total. The first-order chi connectivity index (χ1) is 4.75. The minimum absolute atomic E-state index is 0.580. The van der Waals surface area contributed by atoms with Crippen molar-refractivity contribution in [3.05, 3.63) is 17.2 Å². The fraction of sp³-hybridized carbons (Fsp3) is 0.500. The molecule has 1 aromatic heterocycles. The Bertz CT molecular complexity index is 199. The summed E-state index contributed by atoms with van der Waals surface area (Å²) in [5.41, 5.74) is 1.02. The van der Waals surface area contributed by atoms with E-state index in [0.717, 1.165) is 12.2 Å². The maximum atomic E-state index is 5.75. The number of hydrogen-bond donors (Lipinski definition) is 1. The SMILES string of the molecule is CNCc1c(Cl)ncn1C. The molecule has 0 amide bonds. The van der Waals surface area contributed by atoms with Crippen molar-refractivity contribution < 1.29 is 0 Å². The van der Waals surface area contributed by atoms with E-state index in [1.54, 1.807) is 6.33 Å². The predicted octanol–water partition coefficient (Wildman–Crippen LogP) is 0.793. The Kier molecular flexibility index (Phi) is 2.29. The Balaban J connectivity index is 2.87. The summed E-state index contributed by atoms with van der Waals surface area (Å²) in [4.78, 5) is 3.92. The van der Waals surface area contributed by atoms with Crippen LogP contribution in [-0.2, 0) is 13.6 Å². The van der Waals surface area contributed by atoms with Crippen LogP contribution in [0.15, 0.2) is 6.33 Å². The van der Waals surface area contributed by atoms with Crippen LogP contribution in [0.5, 0.6) is 0 Å². The van der Waals surface area contributed by atoms with Gasteiger partial charge in [-0.2, -0.15) is 0 Å². The zero-order chi connectivity index (χ0) is 7.56. The summed E-state index contributed by atoms with van der Waals surface area (Å²) >= 11 is 5.75. The highest BCUT2D eigenvalue weighted by Gasteiger charge is 2.03. The Labute approximate surface area is 65.0 Å². The monoisotopic (exact) mass is 159 g/mol. The molecule has 3 nitrogen and oxygen atoms in total. The summed E-state index contributed by atoms with van der Waals surface area (Å²) in [5.74, 6) is 0. The summed E-state index contributed by atoms with van der Waals surface area (Å²) in [6.45, 7) is 0.759. The number of imidazole rings is 1. The van der Waals surface area contributed by atoms with Gasteiger partial charge in [-0.15, -0.1) is 0 Å². The molecular weight excluding hydrogens is 150 g/mol. The number of nitrogens with one attached hydrogen (secondary N) is 1. The van der Waals surface area contributed by atoms with Gasteiger partial charge < -0.3 is 9.88 Å². The molecular formula is C6H10ClN3. The Morgan fingerprint density at radius 3 is 2.90 bits per heavy atom. The van der Waals surface area contributed by atoms with E-state index in [2.05, 4.69) is 10.3 Å². The van der Waals surface area contributed by atoms with Crippen LogP contribution >= 0.6 is 11.6 Å². The van der Waals surface area contributed by atoms with Gasteiger partial charge in [0.1, 0.15) is 0 Å². The van der Waals surface area contributed by atoms with Gasteiger partial charge in [0.05, 0.1) is 12.0 Å². The van der Waals surface area contributed by atoms with Crippen molar-refractivity contribution in [3.8, 4) is 0 Å². The topological polar surface area (TPSA) is 29.9 Å². The van der Waals surface area contributed by atoms with Gasteiger partial charge in [0.25, 0.3) is 0 Å². The molecule has 0 aliphatic rings. The molecule has 0 aliphatic heterocycles. The van der Waals surface area contributed by atoms with Crippen LogP contribution in [0.3, 0.4) is 0 Å². The molecule has 1 heterocycles. The Morgan fingerprint density at radius 2 is 2.50 bits per heavy atom. The van der Waals surface area contributed by atoms with Crippen LogP contribution in [0.25, 0.3) is 0 Å². The van der Waals surface area contributed by atoms with Gasteiger partial charge in [-0.25, -0.2) is 4.98 Å². The highest BCUT2D eigenvalue weighted by Crippen LogP contribution is 2.10. The number of aryl methyl sites for hydroxylation is 1. The molecule has 0 spiro atoms. The molecule has 0 saturated heterocycles. The van der Waals surface area contributed by atoms with Gasteiger partial charge in [-0.05, 0) is 7.05 Å². The second kappa shape index (κ2) is 3.03. The summed E-state index contributed by atoms with van der Waals surface area (Å²) in [6, 6.07) is 0. The van der Waals surface area contributed by atoms with Crippen LogP contribution in [0.2, 0.25) is 5.15 Å². The summed E-state index contributed by atoms with van der Waals surface area (Å²) < 4.78 is 1.90. The number of hydrogen-bond acceptors (Lipinski definition) is 2. The molecule has 0 radical (unpaired) electrons. The molecule has 0 unspecified atom stereocenters. The van der Waals surface area contributed by atoms with Crippen molar-refractivity contribution in [2.75, 3.05) is 7.05 Å².